The first-order valence-corrected chi connectivity index (χ1v) is 7.71. The Balaban J connectivity index is 1.99. The highest BCUT2D eigenvalue weighted by atomic mass is 19.4. The van der Waals surface area contributed by atoms with Crippen molar-refractivity contribution in [3.8, 4) is 0 Å². The van der Waals surface area contributed by atoms with E-state index < -0.39 is 29.6 Å². The van der Waals surface area contributed by atoms with Gasteiger partial charge >= 0.3 is 6.18 Å². The van der Waals surface area contributed by atoms with Gasteiger partial charge in [-0.05, 0) is 18.1 Å². The van der Waals surface area contributed by atoms with E-state index in [1.54, 1.807) is 0 Å². The first-order valence-electron chi connectivity index (χ1n) is 7.71. The zero-order valence-corrected chi connectivity index (χ0v) is 12.8. The summed E-state index contributed by atoms with van der Waals surface area (Å²) in [5, 5.41) is 2.55. The van der Waals surface area contributed by atoms with E-state index in [-0.39, 0.29) is 31.2 Å². The van der Waals surface area contributed by atoms with Gasteiger partial charge in [-0.1, -0.05) is 18.2 Å². The van der Waals surface area contributed by atoms with Crippen molar-refractivity contribution in [2.45, 2.75) is 18.6 Å². The van der Waals surface area contributed by atoms with Gasteiger partial charge in [0.2, 0.25) is 11.8 Å². The van der Waals surface area contributed by atoms with E-state index in [0.717, 1.165) is 6.07 Å². The Bertz CT molecular complexity index is 642. The van der Waals surface area contributed by atoms with E-state index in [0.29, 0.717) is 13.0 Å². The van der Waals surface area contributed by atoms with Crippen LogP contribution in [0.1, 0.15) is 23.6 Å². The number of amides is 2. The van der Waals surface area contributed by atoms with Gasteiger partial charge in [0, 0.05) is 19.7 Å². The fraction of sp³-hybridized carbons (Fsp3) is 0.500. The van der Waals surface area contributed by atoms with E-state index >= 15 is 0 Å². The van der Waals surface area contributed by atoms with E-state index in [2.05, 4.69) is 5.32 Å². The van der Waals surface area contributed by atoms with E-state index in [4.69, 9.17) is 4.74 Å². The fourth-order valence-electron chi connectivity index (χ4n) is 3.17. The minimum atomic E-state index is -4.60. The molecule has 1 aromatic rings. The Morgan fingerprint density at radius 1 is 1.29 bits per heavy atom. The molecule has 1 aromatic carbocycles. The molecule has 0 bridgehead atoms. The van der Waals surface area contributed by atoms with Crippen LogP contribution in [0.3, 0.4) is 0 Å². The van der Waals surface area contributed by atoms with Crippen molar-refractivity contribution in [2.75, 3.05) is 26.3 Å². The number of carbonyl (C=O) groups excluding carboxylic acids is 2. The maximum atomic E-state index is 13.3. The molecule has 24 heavy (non-hydrogen) atoms. The number of hydrogen-bond acceptors (Lipinski definition) is 3. The van der Waals surface area contributed by atoms with E-state index in [1.807, 2.05) is 0 Å². The van der Waals surface area contributed by atoms with Crippen LogP contribution in [-0.2, 0) is 20.5 Å². The molecule has 2 amide bonds. The molecule has 2 aliphatic rings. The van der Waals surface area contributed by atoms with Crippen LogP contribution < -0.4 is 5.32 Å². The molecule has 2 saturated heterocycles. The molecule has 8 heteroatoms. The summed E-state index contributed by atoms with van der Waals surface area (Å²) in [7, 11) is 0. The van der Waals surface area contributed by atoms with Crippen LogP contribution in [0.25, 0.3) is 0 Å². The van der Waals surface area contributed by atoms with E-state index in [1.165, 1.54) is 23.1 Å². The van der Waals surface area contributed by atoms with Gasteiger partial charge in [-0.25, -0.2) is 0 Å². The van der Waals surface area contributed by atoms with Crippen molar-refractivity contribution >= 4 is 11.8 Å². The molecule has 0 saturated carbocycles. The van der Waals surface area contributed by atoms with Crippen molar-refractivity contribution in [1.29, 1.82) is 0 Å². The number of alkyl halides is 3. The highest BCUT2D eigenvalue weighted by Crippen LogP contribution is 2.37. The van der Waals surface area contributed by atoms with Gasteiger partial charge in [-0.3, -0.25) is 9.59 Å². The highest BCUT2D eigenvalue weighted by molar-refractivity contribution is 5.91. The summed E-state index contributed by atoms with van der Waals surface area (Å²) in [6.45, 7) is 1.09. The van der Waals surface area contributed by atoms with Gasteiger partial charge in [0.15, 0.2) is 0 Å². The maximum Gasteiger partial charge on any atom is 0.416 e. The molecule has 2 heterocycles. The molecule has 2 aliphatic heterocycles. The van der Waals surface area contributed by atoms with Crippen molar-refractivity contribution < 1.29 is 27.5 Å². The van der Waals surface area contributed by atoms with Crippen LogP contribution in [0.4, 0.5) is 13.2 Å². The smallest absolute Gasteiger partial charge is 0.381 e. The van der Waals surface area contributed by atoms with Crippen molar-refractivity contribution in [3.63, 3.8) is 0 Å². The summed E-state index contributed by atoms with van der Waals surface area (Å²) in [5.41, 5.74) is -1.10. The average molecular weight is 342 g/mol. The van der Waals surface area contributed by atoms with Crippen molar-refractivity contribution in [2.24, 2.45) is 5.92 Å². The van der Waals surface area contributed by atoms with Crippen LogP contribution in [0, 0.1) is 5.92 Å². The average Bonchev–Trinajstić information content (AvgIpc) is 3.07. The first-order chi connectivity index (χ1) is 11.4. The lowest BCUT2D eigenvalue weighted by Gasteiger charge is -2.37. The predicted octanol–water partition coefficient (Wildman–Crippen LogP) is 1.74. The summed E-state index contributed by atoms with van der Waals surface area (Å²) >= 11 is 0. The van der Waals surface area contributed by atoms with Gasteiger partial charge in [0.1, 0.15) is 6.04 Å². The second-order valence-electron chi connectivity index (χ2n) is 5.87. The van der Waals surface area contributed by atoms with Crippen LogP contribution in [0.15, 0.2) is 24.3 Å². The summed E-state index contributed by atoms with van der Waals surface area (Å²) in [5.74, 6) is -1.33. The first kappa shape index (κ1) is 16.8. The van der Waals surface area contributed by atoms with Gasteiger partial charge in [0.25, 0.3) is 0 Å². The highest BCUT2D eigenvalue weighted by Gasteiger charge is 2.43. The molecule has 2 atom stereocenters. The lowest BCUT2D eigenvalue weighted by atomic mass is 9.95. The lowest BCUT2D eigenvalue weighted by Crippen LogP contribution is -2.54. The number of nitrogens with zero attached hydrogens (tertiary/aromatic N) is 1. The zero-order chi connectivity index (χ0) is 17.3. The van der Waals surface area contributed by atoms with Crippen molar-refractivity contribution in [1.82, 2.24) is 10.2 Å². The SMILES string of the molecule is O=C1NCCN(C(=O)[C@H]2CCOC2)[C@H]1c1ccccc1C(F)(F)F. The Kier molecular flexibility index (Phi) is 4.49. The second-order valence-corrected chi connectivity index (χ2v) is 5.87. The molecule has 0 aromatic heterocycles. The topological polar surface area (TPSA) is 58.6 Å². The summed E-state index contributed by atoms with van der Waals surface area (Å²) in [6, 6.07) is 3.62. The Labute approximate surface area is 136 Å². The number of ether oxygens (including phenoxy) is 1. The molecule has 130 valence electrons. The Morgan fingerprint density at radius 3 is 2.71 bits per heavy atom. The molecule has 0 spiro atoms. The third-order valence-electron chi connectivity index (χ3n) is 4.33. The molecular formula is C16H17F3N2O3. The minimum Gasteiger partial charge on any atom is -0.381 e. The van der Waals surface area contributed by atoms with E-state index in [9.17, 15) is 22.8 Å². The van der Waals surface area contributed by atoms with Gasteiger partial charge in [-0.15, -0.1) is 0 Å². The number of rotatable bonds is 2. The van der Waals surface area contributed by atoms with Crippen LogP contribution in [-0.4, -0.2) is 43.0 Å². The number of nitrogens with one attached hydrogen (secondary N) is 1. The van der Waals surface area contributed by atoms with Crippen LogP contribution >= 0.6 is 0 Å². The monoisotopic (exact) mass is 342 g/mol. The number of carbonyl (C=O) groups is 2. The van der Waals surface area contributed by atoms with Crippen LogP contribution in [0.2, 0.25) is 0 Å². The number of hydrogen-bond donors (Lipinski definition) is 1. The normalized spacial score (nSPS) is 24.8. The largest absolute Gasteiger partial charge is 0.416 e. The molecule has 1 N–H and O–H groups in total. The second kappa shape index (κ2) is 6.43. The standard InChI is InChI=1S/C16H17F3N2O3/c17-16(18,19)12-4-2-1-3-11(12)13-14(22)20-6-7-21(13)15(23)10-5-8-24-9-10/h1-4,10,13H,5-9H2,(H,20,22)/t10-,13-/m0/s1. The summed E-state index contributed by atoms with van der Waals surface area (Å²) in [6.07, 6.45) is -4.08. The molecule has 5 nitrogen and oxygen atoms in total. The van der Waals surface area contributed by atoms with Crippen molar-refractivity contribution in [3.05, 3.63) is 35.4 Å². The minimum absolute atomic E-state index is 0.179. The van der Waals surface area contributed by atoms with Gasteiger partial charge < -0.3 is 15.0 Å². The number of benzene rings is 1. The van der Waals surface area contributed by atoms with Gasteiger partial charge in [0.05, 0.1) is 18.1 Å². The molecular weight excluding hydrogens is 325 g/mol. The Morgan fingerprint density at radius 2 is 2.04 bits per heavy atom. The molecule has 3 rings (SSSR count). The molecule has 0 aliphatic carbocycles. The quantitative estimate of drug-likeness (QED) is 0.891. The third kappa shape index (κ3) is 3.10. The van der Waals surface area contributed by atoms with Gasteiger partial charge in [-0.2, -0.15) is 13.2 Å². The molecule has 2 fully saturated rings. The predicted molar refractivity (Wildman–Crippen MR) is 77.8 cm³/mol. The fourth-order valence-corrected chi connectivity index (χ4v) is 3.17. The maximum absolute atomic E-state index is 13.3. The van der Waals surface area contributed by atoms with Crippen LogP contribution in [0.5, 0.6) is 0 Å². The summed E-state index contributed by atoms with van der Waals surface area (Å²) in [4.78, 5) is 26.2. The number of piperazine rings is 1. The number of halogens is 3. The third-order valence-corrected chi connectivity index (χ3v) is 4.33. The lowest BCUT2D eigenvalue weighted by molar-refractivity contribution is -0.149. The Hall–Kier alpha value is -2.09. The molecule has 0 radical (unpaired) electrons. The summed E-state index contributed by atoms with van der Waals surface area (Å²) < 4.78 is 45.1. The molecule has 0 unspecified atom stereocenters. The zero-order valence-electron chi connectivity index (χ0n) is 12.8.